The van der Waals surface area contributed by atoms with Crippen molar-refractivity contribution in [3.05, 3.63) is 35.4 Å². The van der Waals surface area contributed by atoms with E-state index in [9.17, 15) is 13.2 Å². The van der Waals surface area contributed by atoms with Gasteiger partial charge in [0.2, 0.25) is 5.91 Å². The highest BCUT2D eigenvalue weighted by Crippen LogP contribution is 2.25. The standard InChI is InChI=1S/C24H38N4O3S/c1-20-9-16-27(17-10-20)32(30,31)28-14-4-8-23(19-28)24(29)25-12-5-13-26-15-11-21-6-2-3-7-22(21)18-26/h2-3,6-7,20,23H,4-5,8-19H2,1H3,(H,25,29). The van der Waals surface area contributed by atoms with E-state index in [0.717, 1.165) is 58.2 Å². The van der Waals surface area contributed by atoms with Gasteiger partial charge in [-0.05, 0) is 55.6 Å². The minimum atomic E-state index is -3.46. The van der Waals surface area contributed by atoms with Crippen LogP contribution in [0.5, 0.6) is 0 Å². The summed E-state index contributed by atoms with van der Waals surface area (Å²) in [4.78, 5) is 15.2. The van der Waals surface area contributed by atoms with Gasteiger partial charge < -0.3 is 5.32 Å². The molecule has 0 radical (unpaired) electrons. The van der Waals surface area contributed by atoms with Crippen molar-refractivity contribution in [2.75, 3.05) is 45.8 Å². The molecule has 32 heavy (non-hydrogen) atoms. The zero-order chi connectivity index (χ0) is 22.6. The van der Waals surface area contributed by atoms with Crippen LogP contribution in [0.4, 0.5) is 0 Å². The first-order chi connectivity index (χ1) is 15.4. The number of hydrogen-bond donors (Lipinski definition) is 1. The molecule has 0 aliphatic carbocycles. The van der Waals surface area contributed by atoms with Crippen molar-refractivity contribution in [2.24, 2.45) is 11.8 Å². The molecule has 3 aliphatic heterocycles. The lowest BCUT2D eigenvalue weighted by Crippen LogP contribution is -2.52. The van der Waals surface area contributed by atoms with Crippen molar-refractivity contribution in [3.8, 4) is 0 Å². The fraction of sp³-hybridized carbons (Fsp3) is 0.708. The van der Waals surface area contributed by atoms with Gasteiger partial charge in [-0.25, -0.2) is 0 Å². The van der Waals surface area contributed by atoms with Crippen molar-refractivity contribution in [1.82, 2.24) is 18.8 Å². The van der Waals surface area contributed by atoms with Gasteiger partial charge in [-0.1, -0.05) is 31.2 Å². The van der Waals surface area contributed by atoms with Gasteiger partial charge in [0.1, 0.15) is 0 Å². The number of amides is 1. The first kappa shape index (κ1) is 23.7. The number of nitrogens with zero attached hydrogens (tertiary/aromatic N) is 3. The lowest BCUT2D eigenvalue weighted by molar-refractivity contribution is -0.126. The van der Waals surface area contributed by atoms with Gasteiger partial charge in [0.15, 0.2) is 0 Å². The summed E-state index contributed by atoms with van der Waals surface area (Å²) in [5, 5.41) is 3.07. The zero-order valence-electron chi connectivity index (χ0n) is 19.3. The molecule has 7 nitrogen and oxygen atoms in total. The van der Waals surface area contributed by atoms with E-state index in [1.165, 1.54) is 11.1 Å². The summed E-state index contributed by atoms with van der Waals surface area (Å²) < 4.78 is 29.3. The maximum absolute atomic E-state index is 13.1. The summed E-state index contributed by atoms with van der Waals surface area (Å²) in [6, 6.07) is 8.62. The first-order valence-electron chi connectivity index (χ1n) is 12.3. The highest BCUT2D eigenvalue weighted by Gasteiger charge is 2.36. The van der Waals surface area contributed by atoms with Crippen LogP contribution in [0.1, 0.15) is 50.2 Å². The molecule has 178 valence electrons. The Morgan fingerprint density at radius 1 is 1.03 bits per heavy atom. The Morgan fingerprint density at radius 3 is 2.56 bits per heavy atom. The monoisotopic (exact) mass is 462 g/mol. The van der Waals surface area contributed by atoms with Crippen molar-refractivity contribution < 1.29 is 13.2 Å². The van der Waals surface area contributed by atoms with Crippen LogP contribution in [-0.4, -0.2) is 73.6 Å². The van der Waals surface area contributed by atoms with Gasteiger partial charge in [-0.3, -0.25) is 9.69 Å². The van der Waals surface area contributed by atoms with Crippen molar-refractivity contribution in [1.29, 1.82) is 0 Å². The summed E-state index contributed by atoms with van der Waals surface area (Å²) in [5.74, 6) is 0.339. The van der Waals surface area contributed by atoms with Gasteiger partial charge in [0.25, 0.3) is 10.2 Å². The van der Waals surface area contributed by atoms with Crippen molar-refractivity contribution >= 4 is 16.1 Å². The second-order valence-corrected chi connectivity index (χ2v) is 11.7. The number of carbonyl (C=O) groups is 1. The fourth-order valence-electron chi connectivity index (χ4n) is 5.15. The van der Waals surface area contributed by atoms with E-state index >= 15 is 0 Å². The maximum Gasteiger partial charge on any atom is 0.281 e. The third kappa shape index (κ3) is 5.71. The quantitative estimate of drug-likeness (QED) is 0.631. The predicted octanol–water partition coefficient (Wildman–Crippen LogP) is 2.24. The SMILES string of the molecule is CC1CCN(S(=O)(=O)N2CCCC(C(=O)NCCCN3CCc4ccccc4C3)C2)CC1. The first-order valence-corrected chi connectivity index (χ1v) is 13.7. The van der Waals surface area contributed by atoms with Crippen LogP contribution in [0, 0.1) is 11.8 Å². The normalized spacial score (nSPS) is 24.2. The molecule has 2 saturated heterocycles. The topological polar surface area (TPSA) is 73.0 Å². The summed E-state index contributed by atoms with van der Waals surface area (Å²) in [7, 11) is -3.46. The highest BCUT2D eigenvalue weighted by molar-refractivity contribution is 7.86. The van der Waals surface area contributed by atoms with Crippen molar-refractivity contribution in [3.63, 3.8) is 0 Å². The van der Waals surface area contributed by atoms with E-state index < -0.39 is 10.2 Å². The predicted molar refractivity (Wildman–Crippen MR) is 126 cm³/mol. The molecule has 0 spiro atoms. The molecule has 3 heterocycles. The Bertz CT molecular complexity index is 883. The molecule has 1 N–H and O–H groups in total. The van der Waals surface area contributed by atoms with Gasteiger partial charge >= 0.3 is 0 Å². The molecule has 3 aliphatic rings. The smallest absolute Gasteiger partial charge is 0.281 e. The number of rotatable bonds is 7. The minimum Gasteiger partial charge on any atom is -0.356 e. The second kappa shape index (κ2) is 10.6. The van der Waals surface area contributed by atoms with Crippen LogP contribution < -0.4 is 5.32 Å². The van der Waals surface area contributed by atoms with Gasteiger partial charge in [-0.2, -0.15) is 17.0 Å². The molecule has 1 aromatic carbocycles. The third-order valence-electron chi connectivity index (χ3n) is 7.31. The summed E-state index contributed by atoms with van der Waals surface area (Å²) in [5.41, 5.74) is 2.86. The number of piperidine rings is 2. The third-order valence-corrected chi connectivity index (χ3v) is 9.31. The van der Waals surface area contributed by atoms with Crippen LogP contribution in [0.2, 0.25) is 0 Å². The molecule has 1 atom stereocenters. The maximum atomic E-state index is 13.1. The fourth-order valence-corrected chi connectivity index (χ4v) is 6.88. The Labute approximate surface area is 193 Å². The molecule has 1 aromatic rings. The Morgan fingerprint density at radius 2 is 1.78 bits per heavy atom. The molecule has 4 rings (SSSR count). The summed E-state index contributed by atoms with van der Waals surface area (Å²) in [6.07, 6.45) is 5.34. The molecule has 0 aromatic heterocycles. The number of carbonyl (C=O) groups excluding carboxylic acids is 1. The number of nitrogens with one attached hydrogen (secondary N) is 1. The van der Waals surface area contributed by atoms with Crippen LogP contribution >= 0.6 is 0 Å². The van der Waals surface area contributed by atoms with E-state index in [4.69, 9.17) is 0 Å². The molecule has 1 unspecified atom stereocenters. The second-order valence-electron chi connectivity index (χ2n) is 9.73. The van der Waals surface area contributed by atoms with Crippen LogP contribution in [0.3, 0.4) is 0 Å². The van der Waals surface area contributed by atoms with Gasteiger partial charge in [0.05, 0.1) is 5.92 Å². The molecule has 8 heteroatoms. The molecular weight excluding hydrogens is 424 g/mol. The summed E-state index contributed by atoms with van der Waals surface area (Å²) in [6.45, 7) is 7.85. The van der Waals surface area contributed by atoms with E-state index in [-0.39, 0.29) is 11.8 Å². The number of fused-ring (bicyclic) bond motifs is 1. The van der Waals surface area contributed by atoms with Crippen LogP contribution in [-0.2, 0) is 28.0 Å². The number of hydrogen-bond acceptors (Lipinski definition) is 4. The van der Waals surface area contributed by atoms with E-state index in [2.05, 4.69) is 41.4 Å². The Hall–Kier alpha value is -1.48. The Balaban J connectivity index is 1.20. The average Bonchev–Trinajstić information content (AvgIpc) is 2.82. The molecular formula is C24H38N4O3S. The Kier molecular flexibility index (Phi) is 7.87. The largest absolute Gasteiger partial charge is 0.356 e. The average molecular weight is 463 g/mol. The minimum absolute atomic E-state index is 0.00107. The lowest BCUT2D eigenvalue weighted by Gasteiger charge is -2.37. The molecule has 0 saturated carbocycles. The summed E-state index contributed by atoms with van der Waals surface area (Å²) >= 11 is 0. The molecule has 0 bridgehead atoms. The number of benzene rings is 1. The van der Waals surface area contributed by atoms with E-state index in [1.807, 2.05) is 0 Å². The van der Waals surface area contributed by atoms with Gasteiger partial charge in [0, 0.05) is 52.4 Å². The molecule has 1 amide bonds. The van der Waals surface area contributed by atoms with Crippen molar-refractivity contribution in [2.45, 2.75) is 52.0 Å². The zero-order valence-corrected chi connectivity index (χ0v) is 20.2. The van der Waals surface area contributed by atoms with E-state index in [0.29, 0.717) is 38.6 Å². The lowest BCUT2D eigenvalue weighted by atomic mass is 9.98. The van der Waals surface area contributed by atoms with Crippen LogP contribution in [0.25, 0.3) is 0 Å². The van der Waals surface area contributed by atoms with Gasteiger partial charge in [-0.15, -0.1) is 0 Å². The van der Waals surface area contributed by atoms with Crippen LogP contribution in [0.15, 0.2) is 24.3 Å². The van der Waals surface area contributed by atoms with E-state index in [1.54, 1.807) is 8.61 Å². The highest BCUT2D eigenvalue weighted by atomic mass is 32.2. The molecule has 2 fully saturated rings.